The summed E-state index contributed by atoms with van der Waals surface area (Å²) in [5.41, 5.74) is 17.6. The molecule has 1 N–H and O–H groups in total. The van der Waals surface area contributed by atoms with Crippen molar-refractivity contribution in [3.05, 3.63) is 194 Å². The number of likely N-dealkylation sites (tertiary alicyclic amines) is 1. The van der Waals surface area contributed by atoms with Crippen LogP contribution in [0.4, 0.5) is 9.59 Å². The lowest BCUT2D eigenvalue weighted by Crippen LogP contribution is -2.41. The monoisotopic (exact) mass is 1700 g/mol. The molecular weight excluding hydrogens is 1610 g/mol. The van der Waals surface area contributed by atoms with Gasteiger partial charge in [0.15, 0.2) is 22.6 Å². The number of ether oxygens (including phenoxy) is 2. The van der Waals surface area contributed by atoms with E-state index in [-0.39, 0.29) is 49.4 Å². The number of aromatic nitrogens is 17. The van der Waals surface area contributed by atoms with Crippen molar-refractivity contribution in [2.24, 2.45) is 28.2 Å². The van der Waals surface area contributed by atoms with Gasteiger partial charge in [0.05, 0.1) is 40.9 Å². The zero-order chi connectivity index (χ0) is 78.5. The summed E-state index contributed by atoms with van der Waals surface area (Å²) in [5.74, 6) is 1.01. The second-order valence-corrected chi connectivity index (χ2v) is 35.2. The molecule has 4 aromatic carbocycles. The van der Waals surface area contributed by atoms with Crippen molar-refractivity contribution in [3.63, 3.8) is 0 Å². The van der Waals surface area contributed by atoms with Crippen LogP contribution in [0, 0.1) is 0 Å². The molecule has 13 aromatic heterocycles. The summed E-state index contributed by atoms with van der Waals surface area (Å²) in [4.78, 5) is 69.6. The first-order valence-corrected chi connectivity index (χ1v) is 41.4. The van der Waals surface area contributed by atoms with Gasteiger partial charge in [-0.1, -0.05) is 6.08 Å². The Morgan fingerprint density at radius 2 is 0.769 bits per heavy atom. The molecule has 17 aromatic rings. The van der Waals surface area contributed by atoms with Crippen molar-refractivity contribution >= 4 is 185 Å². The molecule has 117 heavy (non-hydrogen) atoms. The Morgan fingerprint density at radius 1 is 0.410 bits per heavy atom. The van der Waals surface area contributed by atoms with E-state index in [4.69, 9.17) is 29.4 Å². The van der Waals surface area contributed by atoms with E-state index in [1.807, 2.05) is 173 Å². The highest BCUT2D eigenvalue weighted by Crippen LogP contribution is 2.40. The van der Waals surface area contributed by atoms with Gasteiger partial charge in [0.2, 0.25) is 0 Å². The van der Waals surface area contributed by atoms with Gasteiger partial charge in [0.1, 0.15) is 31.2 Å². The highest BCUT2D eigenvalue weighted by Gasteiger charge is 2.30. The van der Waals surface area contributed by atoms with Gasteiger partial charge >= 0.3 is 12.2 Å². The standard InChI is InChI=1S/C24H27N5O2S.C24H25N5O2S.C19H19N5S.C19H13N5S.3ClH/c2*1-24(2,3)31-23(30)29-9-7-15(8-10-29)17-12-20-21(25-13-17)26-22(32-20)16-5-6-19-18(11-16)14-28(4)27-19;2*1-24-11-15-8-13(2-3-16(15)23-24)19-22-18-17(25-19)9-14(10-21-18)12-4-6-20-7-5-12;;;/h5-6,11-15H,7-10H2,1-4H3;5-7,11-14H,8-10H2,1-4H3;2-3,8-12,20H,4-7H2,1H3;2-11H,1H3;3*1H. The van der Waals surface area contributed by atoms with Crippen LogP contribution in [0.2, 0.25) is 0 Å². The molecule has 3 aliphatic heterocycles. The molecule has 0 atom stereocenters. The summed E-state index contributed by atoms with van der Waals surface area (Å²) in [6.07, 6.45) is 26.0. The Kier molecular flexibility index (Phi) is 24.6. The summed E-state index contributed by atoms with van der Waals surface area (Å²) < 4.78 is 22.7. The molecule has 20 rings (SSSR count). The maximum Gasteiger partial charge on any atom is 0.410 e. The second kappa shape index (κ2) is 34.8. The zero-order valence-electron chi connectivity index (χ0n) is 66.2. The average molecular weight is 1700 g/mol. The summed E-state index contributed by atoms with van der Waals surface area (Å²) in [6.45, 7) is 16.1. The third-order valence-corrected chi connectivity index (χ3v) is 24.3. The number of benzene rings is 4. The fourth-order valence-electron chi connectivity index (χ4n) is 14.6. The molecular formula is C86H87Cl3N20O4S4. The number of halogens is 3. The summed E-state index contributed by atoms with van der Waals surface area (Å²) in [6, 6.07) is 37.8. The summed E-state index contributed by atoms with van der Waals surface area (Å²) in [7, 11) is 7.74. The summed E-state index contributed by atoms with van der Waals surface area (Å²) in [5, 5.41) is 29.5. The molecule has 0 radical (unpaired) electrons. The molecule has 2 fully saturated rings. The lowest BCUT2D eigenvalue weighted by atomic mass is 9.91. The van der Waals surface area contributed by atoms with Gasteiger partial charge in [-0.15, -0.1) is 82.6 Å². The molecule has 2 saturated heterocycles. The number of nitrogens with zero attached hydrogens (tertiary/aromatic N) is 19. The molecule has 0 aliphatic carbocycles. The molecule has 24 nitrogen and oxygen atoms in total. The molecule has 16 heterocycles. The third kappa shape index (κ3) is 18.9. The van der Waals surface area contributed by atoms with Gasteiger partial charge in [0.25, 0.3) is 0 Å². The number of carbonyl (C=O) groups is 2. The van der Waals surface area contributed by atoms with Crippen LogP contribution in [0.25, 0.3) is 144 Å². The van der Waals surface area contributed by atoms with Crippen molar-refractivity contribution in [2.45, 2.75) is 96.7 Å². The number of aryl methyl sites for hydroxylation is 4. The number of fused-ring (bicyclic) bond motifs is 8. The van der Waals surface area contributed by atoms with Crippen LogP contribution in [0.1, 0.15) is 102 Å². The van der Waals surface area contributed by atoms with E-state index in [9.17, 15) is 9.59 Å². The molecule has 0 bridgehead atoms. The number of hydrogen-bond acceptors (Lipinski definition) is 22. The Hall–Kier alpha value is -10.8. The average Bonchev–Trinajstić information content (AvgIpc) is 1.66. The van der Waals surface area contributed by atoms with Crippen molar-refractivity contribution in [1.82, 2.24) is 99.1 Å². The van der Waals surface area contributed by atoms with Gasteiger partial charge in [-0.2, -0.15) is 20.4 Å². The first kappa shape index (κ1) is 82.7. The number of thiazole rings is 4. The number of pyridine rings is 5. The minimum Gasteiger partial charge on any atom is -0.444 e. The van der Waals surface area contributed by atoms with Crippen molar-refractivity contribution in [1.29, 1.82) is 0 Å². The van der Waals surface area contributed by atoms with Gasteiger partial charge in [-0.05, 0) is 236 Å². The minimum absolute atomic E-state index is 0. The van der Waals surface area contributed by atoms with Gasteiger partial charge < -0.3 is 24.6 Å². The van der Waals surface area contributed by atoms with Gasteiger partial charge in [0, 0.05) is 166 Å². The molecule has 31 heteroatoms. The summed E-state index contributed by atoms with van der Waals surface area (Å²) >= 11 is 6.70. The minimum atomic E-state index is -0.485. The topological polar surface area (TPSA) is 258 Å². The molecule has 0 spiro atoms. The number of carbonyl (C=O) groups excluding carboxylic acids is 2. The first-order valence-electron chi connectivity index (χ1n) is 38.1. The predicted octanol–water partition coefficient (Wildman–Crippen LogP) is 19.9. The highest BCUT2D eigenvalue weighted by molar-refractivity contribution is 7.22. The number of piperidine rings is 2. The SMILES string of the molecule is Cl.Cl.Cl.Cn1cc2cc(-c3nc4ncc(-c5ccncc5)cc4s3)ccc2n1.Cn1cc2cc(-c3nc4ncc(C5=CCN(C(=O)OC(C)(C)C)CC5)cc4s3)ccc2n1.Cn1cc2cc(-c3nc4ncc(C5CCN(C(=O)OC(C)(C)C)CC5)cc4s3)ccc2n1.Cn1cc2cc(-c3nc4ncc(C5CCNCC5)cc4s3)ccc2n1. The third-order valence-electron chi connectivity index (χ3n) is 20.2. The normalized spacial score (nSPS) is 14.2. The highest BCUT2D eigenvalue weighted by atomic mass is 35.5. The fourth-order valence-corrected chi connectivity index (χ4v) is 18.4. The smallest absolute Gasteiger partial charge is 0.410 e. The van der Waals surface area contributed by atoms with E-state index in [0.717, 1.165) is 172 Å². The van der Waals surface area contributed by atoms with Crippen LogP contribution in [-0.2, 0) is 37.7 Å². The van der Waals surface area contributed by atoms with Crippen molar-refractivity contribution in [2.75, 3.05) is 39.3 Å². The number of rotatable bonds is 8. The Bertz CT molecular complexity index is 6500. The van der Waals surface area contributed by atoms with Crippen LogP contribution >= 0.6 is 82.6 Å². The quantitative estimate of drug-likeness (QED) is 0.148. The lowest BCUT2D eigenvalue weighted by molar-refractivity contribution is 0.0203. The van der Waals surface area contributed by atoms with E-state index < -0.39 is 11.2 Å². The lowest BCUT2D eigenvalue weighted by Gasteiger charge is -2.33. The zero-order valence-corrected chi connectivity index (χ0v) is 71.9. The Labute approximate surface area is 709 Å². The molecule has 0 unspecified atom stereocenters. The van der Waals surface area contributed by atoms with Crippen LogP contribution in [0.5, 0.6) is 0 Å². The number of hydrogen-bond donors (Lipinski definition) is 1. The molecule has 3 aliphatic rings. The largest absolute Gasteiger partial charge is 0.444 e. The van der Waals surface area contributed by atoms with Gasteiger partial charge in [-0.3, -0.25) is 23.7 Å². The number of amides is 2. The maximum absolute atomic E-state index is 12.3. The maximum atomic E-state index is 12.3. The van der Waals surface area contributed by atoms with Crippen LogP contribution < -0.4 is 5.32 Å². The molecule has 2 amide bonds. The van der Waals surface area contributed by atoms with Crippen LogP contribution in [0.3, 0.4) is 0 Å². The molecule has 0 saturated carbocycles. The van der Waals surface area contributed by atoms with Crippen molar-refractivity contribution < 1.29 is 19.1 Å². The van der Waals surface area contributed by atoms with Crippen molar-refractivity contribution in [3.8, 4) is 53.4 Å². The second-order valence-electron chi connectivity index (χ2n) is 31.1. The van der Waals surface area contributed by atoms with E-state index in [1.165, 1.54) is 34.2 Å². The van der Waals surface area contributed by atoms with Crippen LogP contribution in [0.15, 0.2) is 177 Å². The van der Waals surface area contributed by atoms with E-state index in [1.54, 1.807) is 62.6 Å². The predicted molar refractivity (Wildman–Crippen MR) is 478 cm³/mol. The van der Waals surface area contributed by atoms with Gasteiger partial charge in [-0.25, -0.2) is 49.5 Å². The first-order chi connectivity index (χ1) is 55.0. The number of nitrogens with one attached hydrogen (secondary N) is 1. The fraction of sp³-hybridized carbons (Fsp3) is 0.291. The molecule has 600 valence electrons. The van der Waals surface area contributed by atoms with E-state index >= 15 is 0 Å². The van der Waals surface area contributed by atoms with Crippen LogP contribution in [-0.4, -0.2) is 156 Å². The van der Waals surface area contributed by atoms with E-state index in [2.05, 4.69) is 136 Å². The van der Waals surface area contributed by atoms with E-state index in [0.29, 0.717) is 38.0 Å². The Balaban J connectivity index is 0.000000128. The Morgan fingerprint density at radius 3 is 1.15 bits per heavy atom.